The van der Waals surface area contributed by atoms with E-state index in [1.807, 2.05) is 13.8 Å². The fraction of sp³-hybridized carbons (Fsp3) is 0.273. The lowest BCUT2D eigenvalue weighted by Crippen LogP contribution is -1.99. The Hall–Kier alpha value is -0.840. The minimum atomic E-state index is 0.534. The zero-order valence-corrected chi connectivity index (χ0v) is 11.7. The molecule has 90 valence electrons. The van der Waals surface area contributed by atoms with Gasteiger partial charge >= 0.3 is 0 Å². The van der Waals surface area contributed by atoms with Gasteiger partial charge in [-0.25, -0.2) is 0 Å². The zero-order valence-electron chi connectivity index (χ0n) is 9.42. The summed E-state index contributed by atoms with van der Waals surface area (Å²) in [6.45, 7) is 4.80. The van der Waals surface area contributed by atoms with E-state index in [1.165, 1.54) is 5.57 Å². The highest BCUT2D eigenvalue weighted by atomic mass is 35.5. The molecule has 1 heterocycles. The summed E-state index contributed by atoms with van der Waals surface area (Å²) in [6.07, 6.45) is 2.08. The molecule has 2 rings (SSSR count). The van der Waals surface area contributed by atoms with Gasteiger partial charge in [-0.2, -0.15) is 8.73 Å². The van der Waals surface area contributed by atoms with Crippen LogP contribution in [0.1, 0.15) is 13.8 Å². The first-order valence-corrected chi connectivity index (χ1v) is 6.55. The normalized spacial score (nSPS) is 12.0. The summed E-state index contributed by atoms with van der Waals surface area (Å²) < 4.78 is 8.36. The van der Waals surface area contributed by atoms with Crippen LogP contribution in [0.2, 0.25) is 10.0 Å². The molecule has 0 spiro atoms. The molecule has 0 saturated carbocycles. The summed E-state index contributed by atoms with van der Waals surface area (Å²) in [5.41, 5.74) is 3.46. The molecule has 1 aliphatic rings. The van der Waals surface area contributed by atoms with Crippen molar-refractivity contribution in [1.29, 1.82) is 0 Å². The molecule has 0 atom stereocenters. The molecule has 3 nitrogen and oxygen atoms in total. The molecule has 1 aromatic carbocycles. The van der Waals surface area contributed by atoms with Crippen molar-refractivity contribution in [3.63, 3.8) is 0 Å². The zero-order chi connectivity index (χ0) is 12.4. The number of fused-ring (bicyclic) bond motifs is 1. The van der Waals surface area contributed by atoms with Crippen LogP contribution in [-0.2, 0) is 11.4 Å². The third-order valence-electron chi connectivity index (χ3n) is 2.23. The van der Waals surface area contributed by atoms with Crippen LogP contribution in [0.25, 0.3) is 0 Å². The van der Waals surface area contributed by atoms with E-state index in [9.17, 15) is 0 Å². The van der Waals surface area contributed by atoms with Gasteiger partial charge in [-0.3, -0.25) is 0 Å². The third-order valence-corrected chi connectivity index (χ3v) is 3.35. The van der Waals surface area contributed by atoms with Crippen LogP contribution in [0.3, 0.4) is 0 Å². The lowest BCUT2D eigenvalue weighted by molar-refractivity contribution is 1.26. The summed E-state index contributed by atoms with van der Waals surface area (Å²) in [7, 11) is 0. The van der Waals surface area contributed by atoms with Crippen LogP contribution >= 0.6 is 23.2 Å². The van der Waals surface area contributed by atoms with E-state index < -0.39 is 0 Å². The first-order chi connectivity index (χ1) is 8.09. The smallest absolute Gasteiger partial charge is 0.130 e. The monoisotopic (exact) mass is 287 g/mol. The van der Waals surface area contributed by atoms with Crippen LogP contribution < -0.4 is 5.32 Å². The number of rotatable bonds is 3. The molecule has 1 aromatic rings. The van der Waals surface area contributed by atoms with Crippen LogP contribution in [0, 0.1) is 0 Å². The molecule has 1 N–H and O–H groups in total. The molecule has 0 aliphatic carbocycles. The first kappa shape index (κ1) is 12.6. The third kappa shape index (κ3) is 2.70. The maximum Gasteiger partial charge on any atom is 0.130 e. The average Bonchev–Trinajstić information content (AvgIpc) is 2.71. The standard InChI is InChI=1S/C11H11Cl2N3S/c1-6(2)3-4-14-9-7(12)5-8(13)10-11(9)16-17-15-10/h3,5,14H,4H2,1-2H3. The van der Waals surface area contributed by atoms with Crippen molar-refractivity contribution in [3.8, 4) is 0 Å². The van der Waals surface area contributed by atoms with Gasteiger partial charge in [0, 0.05) is 6.54 Å². The summed E-state index contributed by atoms with van der Waals surface area (Å²) in [4.78, 5) is 0. The Morgan fingerprint density at radius 2 is 2.00 bits per heavy atom. The Kier molecular flexibility index (Phi) is 3.86. The van der Waals surface area contributed by atoms with Gasteiger partial charge in [0.15, 0.2) is 0 Å². The highest BCUT2D eigenvalue weighted by Gasteiger charge is 2.17. The molecule has 0 unspecified atom stereocenters. The summed E-state index contributed by atoms with van der Waals surface area (Å²) in [5, 5.41) is 4.34. The number of hydrogen-bond donors (Lipinski definition) is 1. The minimum Gasteiger partial charge on any atom is -0.379 e. The summed E-state index contributed by atoms with van der Waals surface area (Å²) >= 11 is 13.3. The van der Waals surface area contributed by atoms with Crippen molar-refractivity contribution < 1.29 is 0 Å². The van der Waals surface area contributed by atoms with Gasteiger partial charge in [-0.05, 0) is 19.9 Å². The van der Waals surface area contributed by atoms with Crippen LogP contribution in [0.4, 0.5) is 17.1 Å². The van der Waals surface area contributed by atoms with Crippen molar-refractivity contribution in [2.24, 2.45) is 8.73 Å². The van der Waals surface area contributed by atoms with Gasteiger partial charge in [0.25, 0.3) is 0 Å². The molecule has 6 heteroatoms. The van der Waals surface area contributed by atoms with Gasteiger partial charge in [0.1, 0.15) is 11.4 Å². The molecule has 0 saturated heterocycles. The Balaban J connectivity index is 2.32. The summed E-state index contributed by atoms with van der Waals surface area (Å²) in [5.74, 6) is 0. The molecule has 0 aromatic heterocycles. The van der Waals surface area contributed by atoms with Crippen molar-refractivity contribution in [1.82, 2.24) is 0 Å². The molecule has 0 fully saturated rings. The minimum absolute atomic E-state index is 0.534. The topological polar surface area (TPSA) is 36.8 Å². The van der Waals surface area contributed by atoms with Gasteiger partial charge in [0.05, 0.1) is 27.1 Å². The highest BCUT2D eigenvalue weighted by molar-refractivity contribution is 7.58. The number of nitrogens with zero attached hydrogens (tertiary/aromatic N) is 2. The Morgan fingerprint density at radius 1 is 1.29 bits per heavy atom. The number of benzene rings is 1. The van der Waals surface area contributed by atoms with E-state index in [4.69, 9.17) is 23.2 Å². The lowest BCUT2D eigenvalue weighted by Gasteiger charge is -2.10. The van der Waals surface area contributed by atoms with E-state index in [1.54, 1.807) is 6.07 Å². The second kappa shape index (κ2) is 5.21. The maximum absolute atomic E-state index is 6.15. The fourth-order valence-electron chi connectivity index (χ4n) is 1.40. The van der Waals surface area contributed by atoms with Crippen LogP contribution in [0.15, 0.2) is 26.4 Å². The van der Waals surface area contributed by atoms with E-state index in [0.29, 0.717) is 22.3 Å². The molecule has 0 bridgehead atoms. The van der Waals surface area contributed by atoms with E-state index in [-0.39, 0.29) is 0 Å². The number of hydrogen-bond acceptors (Lipinski definition) is 3. The number of halogens is 2. The van der Waals surface area contributed by atoms with Gasteiger partial charge < -0.3 is 5.32 Å². The molecular weight excluding hydrogens is 277 g/mol. The van der Waals surface area contributed by atoms with Crippen molar-refractivity contribution >= 4 is 51.6 Å². The van der Waals surface area contributed by atoms with Crippen LogP contribution in [0.5, 0.6) is 0 Å². The van der Waals surface area contributed by atoms with E-state index in [0.717, 1.165) is 22.7 Å². The Morgan fingerprint density at radius 3 is 2.71 bits per heavy atom. The Bertz CT molecular complexity index is 556. The largest absolute Gasteiger partial charge is 0.379 e. The van der Waals surface area contributed by atoms with Crippen molar-refractivity contribution in [2.75, 3.05) is 11.9 Å². The summed E-state index contributed by atoms with van der Waals surface area (Å²) in [6, 6.07) is 1.69. The quantitative estimate of drug-likeness (QED) is 0.784. The number of nitrogens with one attached hydrogen (secondary N) is 1. The van der Waals surface area contributed by atoms with Crippen LogP contribution in [-0.4, -0.2) is 6.54 Å². The second-order valence-electron chi connectivity index (χ2n) is 3.84. The molecule has 17 heavy (non-hydrogen) atoms. The van der Waals surface area contributed by atoms with Crippen molar-refractivity contribution in [3.05, 3.63) is 27.8 Å². The predicted molar refractivity (Wildman–Crippen MR) is 75.9 cm³/mol. The van der Waals surface area contributed by atoms with E-state index >= 15 is 0 Å². The Labute approximate surface area is 114 Å². The molecule has 1 aliphatic heterocycles. The number of allylic oxidation sites excluding steroid dienone is 1. The van der Waals surface area contributed by atoms with E-state index in [2.05, 4.69) is 20.1 Å². The fourth-order valence-corrected chi connectivity index (χ4v) is 2.58. The molecule has 0 amide bonds. The molecular formula is C11H11Cl2N3S. The number of anilines is 1. The maximum atomic E-state index is 6.15. The molecule has 0 radical (unpaired) electrons. The average molecular weight is 288 g/mol. The van der Waals surface area contributed by atoms with Gasteiger partial charge in [-0.1, -0.05) is 34.9 Å². The lowest BCUT2D eigenvalue weighted by atomic mass is 10.2. The highest BCUT2D eigenvalue weighted by Crippen LogP contribution is 2.47. The predicted octanol–water partition coefficient (Wildman–Crippen LogP) is 5.10. The van der Waals surface area contributed by atoms with Gasteiger partial charge in [0.2, 0.25) is 0 Å². The first-order valence-electron chi connectivity index (χ1n) is 5.07. The second-order valence-corrected chi connectivity index (χ2v) is 5.18. The van der Waals surface area contributed by atoms with Crippen molar-refractivity contribution in [2.45, 2.75) is 13.8 Å². The SMILES string of the molecule is CC(C)=CCNc1c(Cl)cc(Cl)c2c1N=S=N2. The van der Waals surface area contributed by atoms with Gasteiger partial charge in [-0.15, -0.1) is 0 Å².